The van der Waals surface area contributed by atoms with Crippen LogP contribution in [0.15, 0.2) is 62.9 Å². The summed E-state index contributed by atoms with van der Waals surface area (Å²) in [5.41, 5.74) is -3.58. The number of aliphatic hydroxyl groups is 1. The zero-order valence-corrected chi connectivity index (χ0v) is 16.0. The van der Waals surface area contributed by atoms with E-state index in [0.29, 0.717) is 12.0 Å². The molecule has 2 unspecified atom stereocenters. The number of hydrogen-bond acceptors (Lipinski definition) is 5. The van der Waals surface area contributed by atoms with E-state index >= 15 is 0 Å². The summed E-state index contributed by atoms with van der Waals surface area (Å²) < 4.78 is 65.5. The predicted octanol–water partition coefficient (Wildman–Crippen LogP) is 4.88. The van der Waals surface area contributed by atoms with E-state index in [1.165, 1.54) is 30.3 Å². The highest BCUT2D eigenvalue weighted by molar-refractivity contribution is 5.93. The van der Waals surface area contributed by atoms with Crippen LogP contribution in [0.4, 0.5) is 23.2 Å². The second-order valence-electron chi connectivity index (χ2n) is 7.35. The monoisotopic (exact) mass is 435 g/mol. The van der Waals surface area contributed by atoms with E-state index in [1.54, 1.807) is 0 Å². The molecule has 9 heteroatoms. The number of halogens is 4. The first kappa shape index (κ1) is 21.0. The molecule has 0 amide bonds. The summed E-state index contributed by atoms with van der Waals surface area (Å²) in [4.78, 5) is 15.7. The second-order valence-corrected chi connectivity index (χ2v) is 7.35. The number of nitrogens with zero attached hydrogens (tertiary/aromatic N) is 1. The van der Waals surface area contributed by atoms with Gasteiger partial charge in [-0.05, 0) is 55.2 Å². The van der Waals surface area contributed by atoms with Crippen LogP contribution < -0.4 is 10.4 Å². The zero-order chi connectivity index (χ0) is 22.2. The number of benzene rings is 2. The lowest BCUT2D eigenvalue weighted by molar-refractivity contribution is -0.232. The third-order valence-electron chi connectivity index (χ3n) is 5.31. The van der Waals surface area contributed by atoms with Crippen molar-refractivity contribution in [1.82, 2.24) is 0 Å². The van der Waals surface area contributed by atoms with E-state index in [9.17, 15) is 27.5 Å². The molecule has 0 bridgehead atoms. The predicted molar refractivity (Wildman–Crippen MR) is 106 cm³/mol. The van der Waals surface area contributed by atoms with E-state index in [0.717, 1.165) is 18.4 Å². The molecule has 2 heterocycles. The first-order valence-corrected chi connectivity index (χ1v) is 9.45. The highest BCUT2D eigenvalue weighted by atomic mass is 19.4. The van der Waals surface area contributed by atoms with E-state index in [2.05, 4.69) is 4.99 Å². The van der Waals surface area contributed by atoms with Gasteiger partial charge in [0.1, 0.15) is 11.6 Å². The molecule has 0 aliphatic carbocycles. The van der Waals surface area contributed by atoms with Crippen molar-refractivity contribution in [3.63, 3.8) is 0 Å². The summed E-state index contributed by atoms with van der Waals surface area (Å²) in [6.45, 7) is 0.146. The number of alkyl halides is 3. The van der Waals surface area contributed by atoms with E-state index < -0.39 is 35.6 Å². The Hall–Kier alpha value is -3.20. The van der Waals surface area contributed by atoms with Crippen molar-refractivity contribution < 1.29 is 31.8 Å². The van der Waals surface area contributed by atoms with Crippen LogP contribution in [-0.4, -0.2) is 29.7 Å². The fourth-order valence-corrected chi connectivity index (χ4v) is 3.69. The van der Waals surface area contributed by atoms with Crippen LogP contribution in [-0.2, 0) is 0 Å². The van der Waals surface area contributed by atoms with Crippen molar-refractivity contribution in [3.8, 4) is 5.75 Å². The molecule has 1 aliphatic heterocycles. The quantitative estimate of drug-likeness (QED) is 0.468. The van der Waals surface area contributed by atoms with Crippen molar-refractivity contribution in [2.45, 2.75) is 30.5 Å². The molecule has 1 aromatic heterocycles. The molecule has 0 saturated heterocycles. The number of rotatable bonds is 4. The maximum Gasteiger partial charge on any atom is 0.422 e. The Morgan fingerprint density at radius 3 is 2.74 bits per heavy atom. The van der Waals surface area contributed by atoms with Gasteiger partial charge in [-0.25, -0.2) is 9.18 Å². The van der Waals surface area contributed by atoms with Gasteiger partial charge in [-0.1, -0.05) is 6.07 Å². The van der Waals surface area contributed by atoms with E-state index in [1.807, 2.05) is 0 Å². The lowest BCUT2D eigenvalue weighted by Crippen LogP contribution is -2.48. The second kappa shape index (κ2) is 7.81. The summed E-state index contributed by atoms with van der Waals surface area (Å²) in [5.74, 6) is -1.11. The highest BCUT2D eigenvalue weighted by Crippen LogP contribution is 2.43. The molecule has 2 atom stereocenters. The van der Waals surface area contributed by atoms with Gasteiger partial charge < -0.3 is 14.3 Å². The van der Waals surface area contributed by atoms with Gasteiger partial charge in [0.2, 0.25) is 0 Å². The highest BCUT2D eigenvalue weighted by Gasteiger charge is 2.54. The Bertz CT molecular complexity index is 1200. The maximum atomic E-state index is 13.9. The van der Waals surface area contributed by atoms with Crippen LogP contribution in [0.5, 0.6) is 5.75 Å². The lowest BCUT2D eigenvalue weighted by Gasteiger charge is -2.33. The number of ether oxygens (including phenoxy) is 1. The average molecular weight is 435 g/mol. The number of hydrogen-bond donors (Lipinski definition) is 1. The third kappa shape index (κ3) is 4.05. The van der Waals surface area contributed by atoms with Gasteiger partial charge >= 0.3 is 11.8 Å². The van der Waals surface area contributed by atoms with Crippen LogP contribution in [0.3, 0.4) is 0 Å². The number of fused-ring (bicyclic) bond motifs is 2. The molecule has 4 rings (SSSR count). The molecule has 1 N–H and O–H groups in total. The van der Waals surface area contributed by atoms with Gasteiger partial charge in [-0.3, -0.25) is 4.99 Å². The molecule has 3 aromatic rings. The first-order valence-electron chi connectivity index (χ1n) is 9.45. The standard InChI is InChI=1S/C22H17F4NO4/c23-14-4-5-19-17(10-14)13(6-8-30-19)11-21(29,22(24,25)26)12-27-18-3-1-2-16-15(18)7-9-31-20(16)28/h1-5,7,9-10,12-13,29H,6,8,11H2. The zero-order valence-electron chi connectivity index (χ0n) is 16.0. The van der Waals surface area contributed by atoms with Crippen LogP contribution in [0, 0.1) is 5.82 Å². The Morgan fingerprint density at radius 1 is 1.16 bits per heavy atom. The van der Waals surface area contributed by atoms with Gasteiger partial charge in [0, 0.05) is 17.2 Å². The minimum atomic E-state index is -5.04. The van der Waals surface area contributed by atoms with Crippen LogP contribution >= 0.6 is 0 Å². The summed E-state index contributed by atoms with van der Waals surface area (Å²) in [6.07, 6.45) is -4.06. The van der Waals surface area contributed by atoms with Crippen LogP contribution in [0.25, 0.3) is 10.8 Å². The van der Waals surface area contributed by atoms with E-state index in [4.69, 9.17) is 9.15 Å². The van der Waals surface area contributed by atoms with Crippen molar-refractivity contribution in [2.75, 3.05) is 6.61 Å². The van der Waals surface area contributed by atoms with Gasteiger partial charge in [-0.15, -0.1) is 0 Å². The fraction of sp³-hybridized carbons (Fsp3) is 0.273. The van der Waals surface area contributed by atoms with Crippen LogP contribution in [0.2, 0.25) is 0 Å². The van der Waals surface area contributed by atoms with Crippen molar-refractivity contribution >= 4 is 22.7 Å². The molecule has 31 heavy (non-hydrogen) atoms. The summed E-state index contributed by atoms with van der Waals surface area (Å²) in [7, 11) is 0. The van der Waals surface area contributed by atoms with Gasteiger partial charge in [0.05, 0.1) is 23.9 Å². The summed E-state index contributed by atoms with van der Waals surface area (Å²) >= 11 is 0. The molecule has 0 fully saturated rings. The Balaban J connectivity index is 1.72. The number of aliphatic imine (C=N–C) groups is 1. The largest absolute Gasteiger partial charge is 0.493 e. The fourth-order valence-electron chi connectivity index (χ4n) is 3.69. The first-order chi connectivity index (χ1) is 14.7. The molecule has 1 aliphatic rings. The van der Waals surface area contributed by atoms with E-state index in [-0.39, 0.29) is 35.1 Å². The maximum absolute atomic E-state index is 13.9. The summed E-state index contributed by atoms with van der Waals surface area (Å²) in [6, 6.07) is 9.40. The smallest absolute Gasteiger partial charge is 0.422 e. The van der Waals surface area contributed by atoms with Crippen molar-refractivity contribution in [1.29, 1.82) is 0 Å². The molecule has 0 spiro atoms. The minimum absolute atomic E-state index is 0.0755. The molecule has 162 valence electrons. The normalized spacial score (nSPS) is 18.5. The Morgan fingerprint density at radius 2 is 1.97 bits per heavy atom. The van der Waals surface area contributed by atoms with Crippen molar-refractivity contribution in [2.24, 2.45) is 4.99 Å². The summed E-state index contributed by atoms with van der Waals surface area (Å²) in [5, 5.41) is 11.0. The molecule has 0 saturated carbocycles. The van der Waals surface area contributed by atoms with Crippen LogP contribution in [0.1, 0.15) is 24.3 Å². The Labute approximate surface area is 173 Å². The molecule has 5 nitrogen and oxygen atoms in total. The van der Waals surface area contributed by atoms with Crippen molar-refractivity contribution in [3.05, 3.63) is 70.5 Å². The average Bonchev–Trinajstić information content (AvgIpc) is 2.72. The molecular weight excluding hydrogens is 418 g/mol. The van der Waals surface area contributed by atoms with Gasteiger partial charge in [0.25, 0.3) is 0 Å². The SMILES string of the molecule is O=c1occc2c(N=CC(O)(CC3CCOc4ccc(F)cc43)C(F)(F)F)cccc12. The Kier molecular flexibility index (Phi) is 5.30. The van der Waals surface area contributed by atoms with Gasteiger partial charge in [0.15, 0.2) is 5.60 Å². The van der Waals surface area contributed by atoms with Gasteiger partial charge in [-0.2, -0.15) is 13.2 Å². The third-order valence-corrected chi connectivity index (χ3v) is 5.31. The molecule has 2 aromatic carbocycles. The molecule has 0 radical (unpaired) electrons. The topological polar surface area (TPSA) is 72.0 Å². The minimum Gasteiger partial charge on any atom is -0.493 e. The lowest BCUT2D eigenvalue weighted by atomic mass is 9.82. The molecular formula is C22H17F4NO4.